The zero-order valence-corrected chi connectivity index (χ0v) is 16.8. The highest BCUT2D eigenvalue weighted by Crippen LogP contribution is 2.22. The number of piperidine rings is 1. The molecule has 0 spiro atoms. The lowest BCUT2D eigenvalue weighted by molar-refractivity contribution is 0.0640. The molecule has 2 N–H and O–H groups in total. The number of nitrogens with zero attached hydrogens (tertiary/aromatic N) is 5. The fourth-order valence-corrected chi connectivity index (χ4v) is 3.84. The molecule has 0 aromatic carbocycles. The molecule has 2 aromatic heterocycles. The third kappa shape index (κ3) is 3.89. The summed E-state index contributed by atoms with van der Waals surface area (Å²) >= 11 is 0. The van der Waals surface area contributed by atoms with Crippen LogP contribution < -0.4 is 10.6 Å². The third-order valence-electron chi connectivity index (χ3n) is 5.50. The lowest BCUT2D eigenvalue weighted by Crippen LogP contribution is -2.44. The molecule has 9 nitrogen and oxygen atoms in total. The fourth-order valence-electron chi connectivity index (χ4n) is 3.84. The van der Waals surface area contributed by atoms with Crippen molar-refractivity contribution in [3.8, 4) is 0 Å². The average molecular weight is 387 g/mol. The van der Waals surface area contributed by atoms with E-state index in [1.54, 1.807) is 4.52 Å². The van der Waals surface area contributed by atoms with Gasteiger partial charge in [-0.3, -0.25) is 0 Å². The van der Waals surface area contributed by atoms with E-state index < -0.39 is 0 Å². The van der Waals surface area contributed by atoms with Crippen molar-refractivity contribution in [2.45, 2.75) is 58.1 Å². The van der Waals surface area contributed by atoms with Gasteiger partial charge in [0.25, 0.3) is 0 Å². The van der Waals surface area contributed by atoms with Crippen LogP contribution in [0.3, 0.4) is 0 Å². The SMILES string of the molecule is Cc1nc(NC2CCN(C(=O)O[C@H]3CCNC3)CC2)n2ncc(C(C)C)c2n1. The van der Waals surface area contributed by atoms with Gasteiger partial charge in [-0.1, -0.05) is 13.8 Å². The van der Waals surface area contributed by atoms with Crippen LogP contribution in [0.1, 0.15) is 50.4 Å². The first kappa shape index (κ1) is 18.9. The highest BCUT2D eigenvalue weighted by atomic mass is 16.6. The number of rotatable bonds is 4. The van der Waals surface area contributed by atoms with E-state index in [4.69, 9.17) is 4.74 Å². The molecule has 2 fully saturated rings. The van der Waals surface area contributed by atoms with E-state index in [9.17, 15) is 4.79 Å². The Morgan fingerprint density at radius 1 is 1.29 bits per heavy atom. The zero-order chi connectivity index (χ0) is 19.7. The smallest absolute Gasteiger partial charge is 0.410 e. The van der Waals surface area contributed by atoms with Gasteiger partial charge in [-0.05, 0) is 38.6 Å². The van der Waals surface area contributed by atoms with E-state index in [1.165, 1.54) is 0 Å². The van der Waals surface area contributed by atoms with Crippen molar-refractivity contribution in [1.82, 2.24) is 29.8 Å². The Morgan fingerprint density at radius 3 is 2.75 bits per heavy atom. The van der Waals surface area contributed by atoms with Gasteiger partial charge < -0.3 is 20.3 Å². The lowest BCUT2D eigenvalue weighted by atomic mass is 10.1. The van der Waals surface area contributed by atoms with E-state index >= 15 is 0 Å². The number of amides is 1. The molecule has 9 heteroatoms. The van der Waals surface area contributed by atoms with Crippen LogP contribution >= 0.6 is 0 Å². The second-order valence-electron chi connectivity index (χ2n) is 7.99. The molecule has 0 saturated carbocycles. The van der Waals surface area contributed by atoms with Gasteiger partial charge in [-0.25, -0.2) is 9.78 Å². The van der Waals surface area contributed by atoms with Crippen LogP contribution in [-0.2, 0) is 4.74 Å². The topological polar surface area (TPSA) is 96.7 Å². The van der Waals surface area contributed by atoms with Gasteiger partial charge in [0.2, 0.25) is 5.95 Å². The Bertz CT molecular complexity index is 836. The van der Waals surface area contributed by atoms with Crippen LogP contribution in [0.25, 0.3) is 5.65 Å². The summed E-state index contributed by atoms with van der Waals surface area (Å²) in [5.74, 6) is 1.79. The maximum absolute atomic E-state index is 12.3. The number of hydrogen-bond donors (Lipinski definition) is 2. The molecule has 2 aliphatic rings. The summed E-state index contributed by atoms with van der Waals surface area (Å²) in [6.07, 6.45) is 4.28. The van der Waals surface area contributed by atoms with Crippen LogP contribution in [0.5, 0.6) is 0 Å². The molecule has 2 aromatic rings. The van der Waals surface area contributed by atoms with Gasteiger partial charge in [0.15, 0.2) is 5.65 Å². The quantitative estimate of drug-likeness (QED) is 0.827. The molecule has 1 amide bonds. The second kappa shape index (κ2) is 7.90. The minimum absolute atomic E-state index is 0.00981. The van der Waals surface area contributed by atoms with Crippen molar-refractivity contribution in [3.05, 3.63) is 17.6 Å². The fraction of sp³-hybridized carbons (Fsp3) is 0.684. The van der Waals surface area contributed by atoms with E-state index in [0.29, 0.717) is 25.0 Å². The van der Waals surface area contributed by atoms with Crippen molar-refractivity contribution in [3.63, 3.8) is 0 Å². The number of aryl methyl sites for hydroxylation is 1. The molecule has 0 aliphatic carbocycles. The van der Waals surface area contributed by atoms with Gasteiger partial charge in [-0.2, -0.15) is 14.6 Å². The summed E-state index contributed by atoms with van der Waals surface area (Å²) in [5.41, 5.74) is 1.98. The second-order valence-corrected chi connectivity index (χ2v) is 7.99. The van der Waals surface area contributed by atoms with Crippen LogP contribution in [0.4, 0.5) is 10.7 Å². The van der Waals surface area contributed by atoms with Crippen LogP contribution in [0, 0.1) is 6.92 Å². The van der Waals surface area contributed by atoms with Gasteiger partial charge in [0.05, 0.1) is 6.20 Å². The number of carbonyl (C=O) groups is 1. The Balaban J connectivity index is 1.39. The van der Waals surface area contributed by atoms with E-state index in [0.717, 1.165) is 49.4 Å². The number of carbonyl (C=O) groups excluding carboxylic acids is 1. The Kier molecular flexibility index (Phi) is 5.34. The highest BCUT2D eigenvalue weighted by Gasteiger charge is 2.27. The van der Waals surface area contributed by atoms with E-state index in [-0.39, 0.29) is 18.2 Å². The Hall–Kier alpha value is -2.42. The monoisotopic (exact) mass is 387 g/mol. The summed E-state index contributed by atoms with van der Waals surface area (Å²) < 4.78 is 7.36. The van der Waals surface area contributed by atoms with Crippen molar-refractivity contribution in [2.75, 3.05) is 31.5 Å². The van der Waals surface area contributed by atoms with Gasteiger partial charge in [0, 0.05) is 31.2 Å². The Labute approximate surface area is 164 Å². The number of likely N-dealkylation sites (tertiary alicyclic amines) is 1. The molecule has 4 heterocycles. The van der Waals surface area contributed by atoms with Gasteiger partial charge >= 0.3 is 6.09 Å². The molecule has 1 atom stereocenters. The predicted molar refractivity (Wildman–Crippen MR) is 106 cm³/mol. The standard InChI is InChI=1S/C19H29N7O2/c1-12(2)16-11-21-26-17(16)22-13(3)23-18(26)24-14-5-8-25(9-6-14)19(27)28-15-4-7-20-10-15/h11-12,14-15,20H,4-10H2,1-3H3,(H,22,23,24)/t15-/m0/s1. The van der Waals surface area contributed by atoms with Crippen molar-refractivity contribution in [1.29, 1.82) is 0 Å². The molecule has 2 aliphatic heterocycles. The summed E-state index contributed by atoms with van der Waals surface area (Å²) in [4.78, 5) is 23.3. The maximum Gasteiger partial charge on any atom is 0.410 e. The minimum Gasteiger partial charge on any atom is -0.445 e. The van der Waals surface area contributed by atoms with Crippen LogP contribution in [-0.4, -0.2) is 68.9 Å². The summed E-state index contributed by atoms with van der Waals surface area (Å²) in [5, 5.41) is 11.2. The number of hydrogen-bond acceptors (Lipinski definition) is 7. The molecular formula is C19H29N7O2. The largest absolute Gasteiger partial charge is 0.445 e. The molecule has 4 rings (SSSR count). The molecule has 0 unspecified atom stereocenters. The number of ether oxygens (including phenoxy) is 1. The molecule has 152 valence electrons. The lowest BCUT2D eigenvalue weighted by Gasteiger charge is -2.32. The molecule has 2 saturated heterocycles. The van der Waals surface area contributed by atoms with Crippen molar-refractivity contribution < 1.29 is 9.53 Å². The molecule has 0 radical (unpaired) electrons. The third-order valence-corrected chi connectivity index (χ3v) is 5.50. The van der Waals surface area contributed by atoms with Crippen molar-refractivity contribution in [2.24, 2.45) is 0 Å². The van der Waals surface area contributed by atoms with Crippen LogP contribution in [0.15, 0.2) is 6.20 Å². The molecule has 28 heavy (non-hydrogen) atoms. The van der Waals surface area contributed by atoms with Gasteiger partial charge in [0.1, 0.15) is 11.9 Å². The number of fused-ring (bicyclic) bond motifs is 1. The average Bonchev–Trinajstić information content (AvgIpc) is 3.31. The van der Waals surface area contributed by atoms with Gasteiger partial charge in [-0.15, -0.1) is 0 Å². The first-order valence-electron chi connectivity index (χ1n) is 10.2. The zero-order valence-electron chi connectivity index (χ0n) is 16.8. The summed E-state index contributed by atoms with van der Waals surface area (Å²) in [6.45, 7) is 9.22. The highest BCUT2D eigenvalue weighted by molar-refractivity contribution is 5.68. The first-order chi connectivity index (χ1) is 13.5. The first-order valence-corrected chi connectivity index (χ1v) is 10.2. The number of anilines is 1. The minimum atomic E-state index is -0.193. The van der Waals surface area contributed by atoms with Crippen LogP contribution in [0.2, 0.25) is 0 Å². The number of nitrogens with one attached hydrogen (secondary N) is 2. The number of aromatic nitrogens is 4. The molecular weight excluding hydrogens is 358 g/mol. The summed E-state index contributed by atoms with van der Waals surface area (Å²) in [6, 6.07) is 0.237. The van der Waals surface area contributed by atoms with Crippen molar-refractivity contribution >= 4 is 17.7 Å². The predicted octanol–water partition coefficient (Wildman–Crippen LogP) is 1.93. The summed E-state index contributed by atoms with van der Waals surface area (Å²) in [7, 11) is 0. The Morgan fingerprint density at radius 2 is 2.07 bits per heavy atom. The maximum atomic E-state index is 12.3. The normalized spacial score (nSPS) is 20.9. The van der Waals surface area contributed by atoms with E-state index in [1.807, 2.05) is 18.0 Å². The molecule has 0 bridgehead atoms. The van der Waals surface area contributed by atoms with E-state index in [2.05, 4.69) is 39.5 Å².